The maximum absolute atomic E-state index is 12.0. The molecule has 2 saturated heterocycles. The van der Waals surface area contributed by atoms with E-state index in [-0.39, 0.29) is 11.9 Å². The largest absolute Gasteiger partial charge is 0.359 e. The molecule has 1 atom stereocenters. The normalized spacial score (nSPS) is 23.3. The van der Waals surface area contributed by atoms with E-state index in [1.165, 1.54) is 0 Å². The van der Waals surface area contributed by atoms with Crippen molar-refractivity contribution in [1.29, 1.82) is 0 Å². The zero-order chi connectivity index (χ0) is 13.8. The van der Waals surface area contributed by atoms with Crippen LogP contribution in [0.5, 0.6) is 0 Å². The summed E-state index contributed by atoms with van der Waals surface area (Å²) in [5.74, 6) is -0.885. The van der Waals surface area contributed by atoms with E-state index in [2.05, 4.69) is 10.6 Å². The molecule has 2 fully saturated rings. The van der Waals surface area contributed by atoms with Crippen LogP contribution < -0.4 is 10.6 Å². The van der Waals surface area contributed by atoms with Crippen LogP contribution in [-0.4, -0.2) is 73.3 Å². The Morgan fingerprint density at radius 2 is 2.21 bits per heavy atom. The van der Waals surface area contributed by atoms with Crippen molar-refractivity contribution >= 4 is 17.7 Å². The highest BCUT2D eigenvalue weighted by molar-refractivity contribution is 6.35. The molecule has 0 saturated carbocycles. The highest BCUT2D eigenvalue weighted by Gasteiger charge is 2.39. The molecule has 7 nitrogen and oxygen atoms in total. The topological polar surface area (TPSA) is 81.8 Å². The summed E-state index contributed by atoms with van der Waals surface area (Å²) < 4.78 is 0. The van der Waals surface area contributed by atoms with Crippen molar-refractivity contribution < 1.29 is 14.4 Å². The number of fused-ring (bicyclic) bond motifs is 1. The number of hydrogen-bond acceptors (Lipinski definition) is 4. The van der Waals surface area contributed by atoms with Gasteiger partial charge in [0, 0.05) is 46.2 Å². The van der Waals surface area contributed by atoms with Crippen LogP contribution in [0, 0.1) is 0 Å². The Bertz CT molecular complexity index is 385. The molecule has 7 heteroatoms. The van der Waals surface area contributed by atoms with Crippen molar-refractivity contribution in [2.45, 2.75) is 18.9 Å². The smallest absolute Gasteiger partial charge is 0.312 e. The number of carbonyl (C=O) groups excluding carboxylic acids is 3. The van der Waals surface area contributed by atoms with E-state index >= 15 is 0 Å². The third-order valence-electron chi connectivity index (χ3n) is 3.62. The third-order valence-corrected chi connectivity index (χ3v) is 3.62. The molecule has 0 aliphatic carbocycles. The van der Waals surface area contributed by atoms with E-state index < -0.39 is 11.8 Å². The minimum absolute atomic E-state index is 0.0447. The van der Waals surface area contributed by atoms with Crippen molar-refractivity contribution in [3.63, 3.8) is 0 Å². The fourth-order valence-electron chi connectivity index (χ4n) is 2.54. The number of amides is 3. The molecule has 2 aliphatic heterocycles. The van der Waals surface area contributed by atoms with Crippen LogP contribution in [-0.2, 0) is 14.4 Å². The Hall–Kier alpha value is -1.63. The first-order valence-electron chi connectivity index (χ1n) is 6.64. The Kier molecular flexibility index (Phi) is 4.36. The summed E-state index contributed by atoms with van der Waals surface area (Å²) in [5, 5.41) is 5.77. The van der Waals surface area contributed by atoms with Gasteiger partial charge in [-0.25, -0.2) is 0 Å². The molecule has 106 valence electrons. The lowest BCUT2D eigenvalue weighted by molar-refractivity contribution is -0.159. The van der Waals surface area contributed by atoms with Gasteiger partial charge in [-0.2, -0.15) is 0 Å². The number of nitrogens with zero attached hydrogens (tertiary/aromatic N) is 2. The number of hydrogen-bond donors (Lipinski definition) is 2. The Morgan fingerprint density at radius 1 is 1.42 bits per heavy atom. The summed E-state index contributed by atoms with van der Waals surface area (Å²) in [7, 11) is 1.59. The fraction of sp³-hybridized carbons (Fsp3) is 0.750. The highest BCUT2D eigenvalue weighted by atomic mass is 16.2. The molecule has 0 aromatic carbocycles. The number of nitrogens with one attached hydrogen (secondary N) is 2. The summed E-state index contributed by atoms with van der Waals surface area (Å²) in [5.41, 5.74) is 0. The van der Waals surface area contributed by atoms with Crippen molar-refractivity contribution in [3.8, 4) is 0 Å². The molecule has 2 aliphatic rings. The lowest BCUT2D eigenvalue weighted by atomic mass is 10.1. The van der Waals surface area contributed by atoms with Gasteiger partial charge in [0.05, 0.1) is 6.04 Å². The third kappa shape index (κ3) is 3.04. The van der Waals surface area contributed by atoms with Crippen molar-refractivity contribution in [2.75, 3.05) is 39.8 Å². The van der Waals surface area contributed by atoms with E-state index in [1.807, 2.05) is 0 Å². The molecule has 2 heterocycles. The van der Waals surface area contributed by atoms with E-state index in [0.717, 1.165) is 13.1 Å². The number of piperazine rings is 2. The van der Waals surface area contributed by atoms with Gasteiger partial charge in [0.1, 0.15) is 0 Å². The second-order valence-electron chi connectivity index (χ2n) is 4.88. The Labute approximate surface area is 112 Å². The van der Waals surface area contributed by atoms with Crippen LogP contribution in [0.4, 0.5) is 0 Å². The average molecular weight is 268 g/mol. The van der Waals surface area contributed by atoms with E-state index in [4.69, 9.17) is 0 Å². The molecule has 3 amide bonds. The minimum Gasteiger partial charge on any atom is -0.359 e. The summed E-state index contributed by atoms with van der Waals surface area (Å²) in [6, 6.07) is 0.0685. The summed E-state index contributed by atoms with van der Waals surface area (Å²) in [6.07, 6.45) is 0.958. The predicted octanol–water partition coefficient (Wildman–Crippen LogP) is -1.84. The quantitative estimate of drug-likeness (QED) is 0.587. The maximum atomic E-state index is 12.0. The Morgan fingerprint density at radius 3 is 2.95 bits per heavy atom. The molecule has 0 aromatic heterocycles. The monoisotopic (exact) mass is 268 g/mol. The van der Waals surface area contributed by atoms with Crippen LogP contribution in [0.3, 0.4) is 0 Å². The molecule has 2 rings (SSSR count). The first-order chi connectivity index (χ1) is 9.13. The Balaban J connectivity index is 1.89. The molecule has 0 radical (unpaired) electrons. The van der Waals surface area contributed by atoms with Gasteiger partial charge >= 0.3 is 11.8 Å². The van der Waals surface area contributed by atoms with Crippen molar-refractivity contribution in [3.05, 3.63) is 0 Å². The predicted molar refractivity (Wildman–Crippen MR) is 68.3 cm³/mol. The van der Waals surface area contributed by atoms with Gasteiger partial charge in [-0.3, -0.25) is 14.4 Å². The highest BCUT2D eigenvalue weighted by Crippen LogP contribution is 2.14. The van der Waals surface area contributed by atoms with Crippen LogP contribution in [0.25, 0.3) is 0 Å². The van der Waals surface area contributed by atoms with Crippen molar-refractivity contribution in [1.82, 2.24) is 20.4 Å². The van der Waals surface area contributed by atoms with Crippen LogP contribution >= 0.6 is 0 Å². The van der Waals surface area contributed by atoms with Crippen molar-refractivity contribution in [2.24, 2.45) is 0 Å². The lowest BCUT2D eigenvalue weighted by Gasteiger charge is -2.43. The van der Waals surface area contributed by atoms with Gasteiger partial charge in [0.2, 0.25) is 5.91 Å². The second kappa shape index (κ2) is 6.01. The lowest BCUT2D eigenvalue weighted by Crippen LogP contribution is -2.65. The van der Waals surface area contributed by atoms with Gasteiger partial charge in [0.25, 0.3) is 0 Å². The molecule has 19 heavy (non-hydrogen) atoms. The van der Waals surface area contributed by atoms with Crippen LogP contribution in [0.1, 0.15) is 12.8 Å². The first kappa shape index (κ1) is 13.8. The molecular weight excluding hydrogens is 248 g/mol. The molecule has 0 aromatic rings. The summed E-state index contributed by atoms with van der Waals surface area (Å²) >= 11 is 0. The average Bonchev–Trinajstić information content (AvgIpc) is 2.44. The zero-order valence-corrected chi connectivity index (χ0v) is 11.1. The first-order valence-corrected chi connectivity index (χ1v) is 6.64. The van der Waals surface area contributed by atoms with Gasteiger partial charge in [-0.1, -0.05) is 0 Å². The maximum Gasteiger partial charge on any atom is 0.312 e. The molecule has 0 spiro atoms. The molecule has 0 bridgehead atoms. The molecule has 1 unspecified atom stereocenters. The van der Waals surface area contributed by atoms with Crippen LogP contribution in [0.2, 0.25) is 0 Å². The standard InChI is InChI=1S/C12H20N4O3/c1-13-10(17)3-2-5-15-8-9-7-14-4-6-16(9)12(19)11(15)18/h9,14H,2-8H2,1H3,(H,13,17). The zero-order valence-electron chi connectivity index (χ0n) is 11.1. The molecular formula is C12H20N4O3. The number of carbonyl (C=O) groups is 3. The summed E-state index contributed by atoms with van der Waals surface area (Å²) in [6.45, 7) is 3.09. The van der Waals surface area contributed by atoms with E-state index in [0.29, 0.717) is 32.5 Å². The minimum atomic E-state index is -0.435. The fourth-order valence-corrected chi connectivity index (χ4v) is 2.54. The number of rotatable bonds is 4. The van der Waals surface area contributed by atoms with Gasteiger partial charge < -0.3 is 20.4 Å². The van der Waals surface area contributed by atoms with Gasteiger partial charge in [-0.05, 0) is 6.42 Å². The van der Waals surface area contributed by atoms with Gasteiger partial charge in [0.15, 0.2) is 0 Å². The second-order valence-corrected chi connectivity index (χ2v) is 4.88. The van der Waals surface area contributed by atoms with E-state index in [9.17, 15) is 14.4 Å². The molecule has 2 N–H and O–H groups in total. The van der Waals surface area contributed by atoms with E-state index in [1.54, 1.807) is 16.8 Å². The van der Waals surface area contributed by atoms with Gasteiger partial charge in [-0.15, -0.1) is 0 Å². The summed E-state index contributed by atoms with van der Waals surface area (Å²) in [4.78, 5) is 38.2. The SMILES string of the molecule is CNC(=O)CCCN1CC2CNCCN2C(=O)C1=O. The van der Waals surface area contributed by atoms with Crippen LogP contribution in [0.15, 0.2) is 0 Å².